The smallest absolute Gasteiger partial charge is 0.278 e. The third-order valence-electron chi connectivity index (χ3n) is 2.53. The molecule has 15 heavy (non-hydrogen) atoms. The van der Waals surface area contributed by atoms with Crippen LogP contribution in [-0.2, 0) is 5.92 Å². The lowest BCUT2D eigenvalue weighted by atomic mass is 9.91. The maximum atomic E-state index is 13.8. The highest BCUT2D eigenvalue weighted by Gasteiger charge is 2.39. The topological polar surface area (TPSA) is 20.2 Å². The molecule has 0 amide bonds. The van der Waals surface area contributed by atoms with Gasteiger partial charge in [0, 0.05) is 5.56 Å². The van der Waals surface area contributed by atoms with Crippen molar-refractivity contribution in [1.29, 1.82) is 0 Å². The fraction of sp³-hybridized carbons (Fsp3) is 0.500. The first kappa shape index (κ1) is 12.1. The van der Waals surface area contributed by atoms with Crippen molar-refractivity contribution < 1.29 is 13.9 Å². The Labute approximate surface area is 88.7 Å². The quantitative estimate of drug-likeness (QED) is 0.798. The second-order valence-electron chi connectivity index (χ2n) is 3.66. The summed E-state index contributed by atoms with van der Waals surface area (Å²) in [6, 6.07) is 7.68. The highest BCUT2D eigenvalue weighted by atomic mass is 19.3. The number of halogens is 2. The van der Waals surface area contributed by atoms with Crippen LogP contribution in [0.2, 0.25) is 0 Å². The van der Waals surface area contributed by atoms with Gasteiger partial charge in [-0.1, -0.05) is 43.7 Å². The Bertz CT molecular complexity index is 285. The molecule has 0 aromatic heterocycles. The van der Waals surface area contributed by atoms with Gasteiger partial charge in [0.1, 0.15) is 0 Å². The van der Waals surface area contributed by atoms with Crippen LogP contribution >= 0.6 is 0 Å². The third kappa shape index (κ3) is 2.75. The normalized spacial score (nSPS) is 13.9. The molecule has 1 aromatic carbocycles. The molecule has 0 aliphatic rings. The maximum absolute atomic E-state index is 13.8. The minimum Gasteiger partial charge on any atom is -0.396 e. The van der Waals surface area contributed by atoms with Crippen molar-refractivity contribution in [1.82, 2.24) is 0 Å². The lowest BCUT2D eigenvalue weighted by Gasteiger charge is -2.25. The first-order valence-electron chi connectivity index (χ1n) is 5.17. The summed E-state index contributed by atoms with van der Waals surface area (Å²) in [5.41, 5.74) is -0.0162. The molecule has 1 rings (SSSR count). The van der Waals surface area contributed by atoms with Gasteiger partial charge in [0.05, 0.1) is 12.5 Å². The van der Waals surface area contributed by atoms with E-state index in [-0.39, 0.29) is 5.56 Å². The van der Waals surface area contributed by atoms with Gasteiger partial charge in [-0.3, -0.25) is 0 Å². The van der Waals surface area contributed by atoms with Crippen LogP contribution in [0.4, 0.5) is 8.78 Å². The first-order chi connectivity index (χ1) is 7.12. The average Bonchev–Trinajstić information content (AvgIpc) is 2.27. The number of aliphatic hydroxyl groups excluding tert-OH is 1. The fourth-order valence-electron chi connectivity index (χ4n) is 1.63. The van der Waals surface area contributed by atoms with Crippen LogP contribution in [-0.4, -0.2) is 11.7 Å². The predicted molar refractivity (Wildman–Crippen MR) is 55.8 cm³/mol. The molecule has 0 aliphatic heterocycles. The van der Waals surface area contributed by atoms with E-state index in [9.17, 15) is 8.78 Å². The number of rotatable bonds is 5. The summed E-state index contributed by atoms with van der Waals surface area (Å²) in [5.74, 6) is -3.92. The van der Waals surface area contributed by atoms with Gasteiger partial charge in [0.25, 0.3) is 5.92 Å². The van der Waals surface area contributed by atoms with E-state index in [0.29, 0.717) is 12.8 Å². The lowest BCUT2D eigenvalue weighted by molar-refractivity contribution is -0.0859. The molecule has 1 aromatic rings. The number of hydrogen-bond acceptors (Lipinski definition) is 1. The van der Waals surface area contributed by atoms with Crippen LogP contribution < -0.4 is 0 Å². The third-order valence-corrected chi connectivity index (χ3v) is 2.53. The number of aliphatic hydroxyl groups is 1. The summed E-state index contributed by atoms with van der Waals surface area (Å²) >= 11 is 0. The van der Waals surface area contributed by atoms with Gasteiger partial charge >= 0.3 is 0 Å². The van der Waals surface area contributed by atoms with Gasteiger partial charge in [-0.25, -0.2) is 8.78 Å². The van der Waals surface area contributed by atoms with Crippen LogP contribution in [0.5, 0.6) is 0 Å². The van der Waals surface area contributed by atoms with E-state index < -0.39 is 18.4 Å². The highest BCUT2D eigenvalue weighted by Crippen LogP contribution is 2.37. The molecule has 0 saturated heterocycles. The standard InChI is InChI=1S/C12H16F2O/c1-2-6-11(9-15)12(13,14)10-7-4-3-5-8-10/h3-5,7-8,11,15H,2,6,9H2,1H3. The summed E-state index contributed by atoms with van der Waals surface area (Å²) in [5, 5.41) is 8.97. The van der Waals surface area contributed by atoms with Crippen molar-refractivity contribution in [3.63, 3.8) is 0 Å². The fourth-order valence-corrected chi connectivity index (χ4v) is 1.63. The Balaban J connectivity index is 2.89. The summed E-state index contributed by atoms with van der Waals surface area (Å²) in [7, 11) is 0. The Kier molecular flexibility index (Phi) is 4.21. The van der Waals surface area contributed by atoms with Crippen LogP contribution in [0.25, 0.3) is 0 Å². The summed E-state index contributed by atoms with van der Waals surface area (Å²) in [4.78, 5) is 0. The lowest BCUT2D eigenvalue weighted by Crippen LogP contribution is -2.28. The SMILES string of the molecule is CCCC(CO)C(F)(F)c1ccccc1. The molecular formula is C12H16F2O. The zero-order valence-electron chi connectivity index (χ0n) is 8.79. The van der Waals surface area contributed by atoms with E-state index in [1.165, 1.54) is 12.1 Å². The molecule has 1 nitrogen and oxygen atoms in total. The van der Waals surface area contributed by atoms with Crippen molar-refractivity contribution in [2.24, 2.45) is 5.92 Å². The van der Waals surface area contributed by atoms with E-state index in [2.05, 4.69) is 0 Å². The van der Waals surface area contributed by atoms with E-state index >= 15 is 0 Å². The second-order valence-corrected chi connectivity index (χ2v) is 3.66. The average molecular weight is 214 g/mol. The van der Waals surface area contributed by atoms with Crippen LogP contribution in [0.3, 0.4) is 0 Å². The van der Waals surface area contributed by atoms with Gasteiger partial charge in [0.2, 0.25) is 0 Å². The van der Waals surface area contributed by atoms with Gasteiger partial charge in [0.15, 0.2) is 0 Å². The molecule has 0 spiro atoms. The maximum Gasteiger partial charge on any atom is 0.278 e. The minimum absolute atomic E-state index is 0.0162. The Hall–Kier alpha value is -0.960. The zero-order valence-corrected chi connectivity index (χ0v) is 8.79. The molecule has 1 unspecified atom stereocenters. The molecule has 3 heteroatoms. The highest BCUT2D eigenvalue weighted by molar-refractivity contribution is 5.20. The van der Waals surface area contributed by atoms with E-state index in [1.54, 1.807) is 18.2 Å². The monoisotopic (exact) mass is 214 g/mol. The van der Waals surface area contributed by atoms with Crippen molar-refractivity contribution >= 4 is 0 Å². The van der Waals surface area contributed by atoms with Crippen molar-refractivity contribution in [2.45, 2.75) is 25.7 Å². The van der Waals surface area contributed by atoms with Crippen LogP contribution in [0.1, 0.15) is 25.3 Å². The predicted octanol–water partition coefficient (Wildman–Crippen LogP) is 3.19. The van der Waals surface area contributed by atoms with Crippen LogP contribution in [0, 0.1) is 5.92 Å². The molecule has 0 radical (unpaired) electrons. The van der Waals surface area contributed by atoms with Gasteiger partial charge < -0.3 is 5.11 Å². The zero-order chi connectivity index (χ0) is 11.3. The molecule has 0 aliphatic carbocycles. The molecule has 0 saturated carbocycles. The summed E-state index contributed by atoms with van der Waals surface area (Å²) < 4.78 is 27.7. The molecule has 84 valence electrons. The minimum atomic E-state index is -2.94. The number of benzene rings is 1. The van der Waals surface area contributed by atoms with E-state index in [0.717, 1.165) is 0 Å². The van der Waals surface area contributed by atoms with Gasteiger partial charge in [-0.05, 0) is 6.42 Å². The van der Waals surface area contributed by atoms with Crippen molar-refractivity contribution in [3.8, 4) is 0 Å². The molecular weight excluding hydrogens is 198 g/mol. The Morgan fingerprint density at radius 3 is 2.33 bits per heavy atom. The summed E-state index contributed by atoms with van der Waals surface area (Å²) in [6.07, 6.45) is 0.978. The van der Waals surface area contributed by atoms with E-state index in [1.807, 2.05) is 6.92 Å². The second kappa shape index (κ2) is 5.21. The largest absolute Gasteiger partial charge is 0.396 e. The van der Waals surface area contributed by atoms with Gasteiger partial charge in [-0.2, -0.15) is 0 Å². The summed E-state index contributed by atoms with van der Waals surface area (Å²) in [6.45, 7) is 1.36. The van der Waals surface area contributed by atoms with Gasteiger partial charge in [-0.15, -0.1) is 0 Å². The molecule has 1 atom stereocenters. The Morgan fingerprint density at radius 2 is 1.87 bits per heavy atom. The van der Waals surface area contributed by atoms with Crippen molar-refractivity contribution in [3.05, 3.63) is 35.9 Å². The van der Waals surface area contributed by atoms with E-state index in [4.69, 9.17) is 5.11 Å². The number of hydrogen-bond donors (Lipinski definition) is 1. The Morgan fingerprint density at radius 1 is 1.27 bits per heavy atom. The van der Waals surface area contributed by atoms with Crippen LogP contribution in [0.15, 0.2) is 30.3 Å². The van der Waals surface area contributed by atoms with Crippen molar-refractivity contribution in [2.75, 3.05) is 6.61 Å². The first-order valence-corrected chi connectivity index (χ1v) is 5.17. The molecule has 0 heterocycles. The molecule has 1 N–H and O–H groups in total. The molecule has 0 bridgehead atoms. The molecule has 0 fully saturated rings. The number of alkyl halides is 2.